The van der Waals surface area contributed by atoms with Gasteiger partial charge in [0.1, 0.15) is 10.7 Å². The third kappa shape index (κ3) is 5.35. The van der Waals surface area contributed by atoms with Crippen molar-refractivity contribution in [3.05, 3.63) is 65.5 Å². The Hall–Kier alpha value is -2.78. The van der Waals surface area contributed by atoms with Crippen LogP contribution in [-0.2, 0) is 26.1 Å². The smallest absolute Gasteiger partial charge is 0.337 e. The van der Waals surface area contributed by atoms with E-state index in [2.05, 4.69) is 14.8 Å². The molecule has 2 N–H and O–H groups in total. The van der Waals surface area contributed by atoms with Gasteiger partial charge in [-0.1, -0.05) is 24.3 Å². The first-order valence-electron chi connectivity index (χ1n) is 7.96. The van der Waals surface area contributed by atoms with Crippen LogP contribution in [0.5, 0.6) is 0 Å². The van der Waals surface area contributed by atoms with Gasteiger partial charge in [0, 0.05) is 6.54 Å². The van der Waals surface area contributed by atoms with Gasteiger partial charge >= 0.3 is 5.97 Å². The highest BCUT2D eigenvalue weighted by Gasteiger charge is 2.24. The van der Waals surface area contributed by atoms with Crippen molar-refractivity contribution in [3.8, 4) is 0 Å². The highest BCUT2D eigenvalue weighted by molar-refractivity contribution is 7.89. The van der Waals surface area contributed by atoms with Crippen molar-refractivity contribution in [1.82, 2.24) is 10.0 Å². The number of ether oxygens (including phenoxy) is 1. The molecule has 0 aliphatic heterocycles. The SMILES string of the molecule is COC(=O)c1ccc(CNC(=O)C(C)NS(=O)(=O)c2ccccc2F)cc1. The molecule has 9 heteroatoms. The number of rotatable bonds is 7. The molecule has 27 heavy (non-hydrogen) atoms. The van der Waals surface area contributed by atoms with E-state index in [1.807, 2.05) is 0 Å². The number of sulfonamides is 1. The van der Waals surface area contributed by atoms with Crippen molar-refractivity contribution in [3.63, 3.8) is 0 Å². The Morgan fingerprint density at radius 1 is 1.11 bits per heavy atom. The monoisotopic (exact) mass is 394 g/mol. The van der Waals surface area contributed by atoms with E-state index in [1.165, 1.54) is 26.2 Å². The molecule has 0 saturated carbocycles. The summed E-state index contributed by atoms with van der Waals surface area (Å²) in [7, 11) is -2.90. The van der Waals surface area contributed by atoms with Gasteiger partial charge in [-0.05, 0) is 36.8 Å². The minimum absolute atomic E-state index is 0.131. The van der Waals surface area contributed by atoms with Gasteiger partial charge in [0.25, 0.3) is 0 Å². The Balaban J connectivity index is 1.96. The average molecular weight is 394 g/mol. The average Bonchev–Trinajstić information content (AvgIpc) is 2.65. The zero-order valence-electron chi connectivity index (χ0n) is 14.7. The van der Waals surface area contributed by atoms with E-state index < -0.39 is 38.7 Å². The summed E-state index contributed by atoms with van der Waals surface area (Å²) in [4.78, 5) is 23.0. The number of hydrogen-bond acceptors (Lipinski definition) is 5. The largest absolute Gasteiger partial charge is 0.465 e. The molecule has 2 aromatic rings. The molecular formula is C18H19FN2O5S. The summed E-state index contributed by atoms with van der Waals surface area (Å²) in [5, 5.41) is 2.57. The lowest BCUT2D eigenvalue weighted by Crippen LogP contribution is -2.44. The summed E-state index contributed by atoms with van der Waals surface area (Å²) in [6, 6.07) is 10.2. The van der Waals surface area contributed by atoms with Crippen LogP contribution in [0.1, 0.15) is 22.8 Å². The molecule has 0 heterocycles. The van der Waals surface area contributed by atoms with Gasteiger partial charge in [-0.2, -0.15) is 4.72 Å². The van der Waals surface area contributed by atoms with Crippen LogP contribution in [0.15, 0.2) is 53.4 Å². The zero-order valence-corrected chi connectivity index (χ0v) is 15.5. The van der Waals surface area contributed by atoms with Gasteiger partial charge in [0.15, 0.2) is 0 Å². The summed E-state index contributed by atoms with van der Waals surface area (Å²) in [6.45, 7) is 1.49. The van der Waals surface area contributed by atoms with E-state index in [0.29, 0.717) is 11.1 Å². The summed E-state index contributed by atoms with van der Waals surface area (Å²) in [5.41, 5.74) is 1.08. The number of methoxy groups -OCH3 is 1. The molecule has 0 bridgehead atoms. The molecule has 0 spiro atoms. The van der Waals surface area contributed by atoms with E-state index in [4.69, 9.17) is 0 Å². The predicted octanol–water partition coefficient (Wildman–Crippen LogP) is 1.60. The second-order valence-corrected chi connectivity index (χ2v) is 7.36. The fourth-order valence-electron chi connectivity index (χ4n) is 2.23. The van der Waals surface area contributed by atoms with Gasteiger partial charge in [0.05, 0.1) is 18.7 Å². The van der Waals surface area contributed by atoms with Crippen LogP contribution < -0.4 is 10.0 Å². The molecule has 0 aliphatic rings. The lowest BCUT2D eigenvalue weighted by molar-refractivity contribution is -0.122. The molecule has 0 aromatic heterocycles. The number of benzene rings is 2. The molecule has 1 atom stereocenters. The summed E-state index contributed by atoms with van der Waals surface area (Å²) in [5.74, 6) is -1.95. The van der Waals surface area contributed by atoms with Crippen molar-refractivity contribution in [2.45, 2.75) is 24.4 Å². The first-order valence-corrected chi connectivity index (χ1v) is 9.44. The quantitative estimate of drug-likeness (QED) is 0.695. The molecule has 0 fully saturated rings. The van der Waals surface area contributed by atoms with E-state index in [1.54, 1.807) is 24.3 Å². The van der Waals surface area contributed by atoms with Crippen LogP contribution in [0, 0.1) is 5.82 Å². The zero-order chi connectivity index (χ0) is 20.0. The van der Waals surface area contributed by atoms with Gasteiger partial charge in [0.2, 0.25) is 15.9 Å². The van der Waals surface area contributed by atoms with E-state index in [9.17, 15) is 22.4 Å². The number of halogens is 1. The number of nitrogens with one attached hydrogen (secondary N) is 2. The molecule has 2 rings (SSSR count). The second-order valence-electron chi connectivity index (χ2n) is 5.68. The highest BCUT2D eigenvalue weighted by Crippen LogP contribution is 2.13. The number of carbonyl (C=O) groups excluding carboxylic acids is 2. The standard InChI is InChI=1S/C18H19FN2O5S/c1-12(21-27(24,25)16-6-4-3-5-15(16)19)17(22)20-11-13-7-9-14(10-8-13)18(23)26-2/h3-10,12,21H,11H2,1-2H3,(H,20,22). The van der Waals surface area contributed by atoms with Gasteiger partial charge in [-0.15, -0.1) is 0 Å². The predicted molar refractivity (Wildman–Crippen MR) is 95.8 cm³/mol. The maximum atomic E-state index is 13.7. The van der Waals surface area contributed by atoms with E-state index in [-0.39, 0.29) is 6.54 Å². The Morgan fingerprint density at radius 3 is 2.33 bits per heavy atom. The van der Waals surface area contributed by atoms with Crippen molar-refractivity contribution in [2.24, 2.45) is 0 Å². The minimum atomic E-state index is -4.17. The summed E-state index contributed by atoms with van der Waals surface area (Å²) >= 11 is 0. The number of carbonyl (C=O) groups is 2. The maximum absolute atomic E-state index is 13.7. The Bertz CT molecular complexity index is 929. The highest BCUT2D eigenvalue weighted by atomic mass is 32.2. The molecule has 0 radical (unpaired) electrons. The first kappa shape index (κ1) is 20.5. The van der Waals surface area contributed by atoms with Crippen molar-refractivity contribution in [2.75, 3.05) is 7.11 Å². The molecule has 144 valence electrons. The van der Waals surface area contributed by atoms with Gasteiger partial charge in [-0.25, -0.2) is 17.6 Å². The Morgan fingerprint density at radius 2 is 1.74 bits per heavy atom. The molecule has 2 aromatic carbocycles. The summed E-state index contributed by atoms with van der Waals surface area (Å²) in [6.07, 6.45) is 0. The third-order valence-electron chi connectivity index (χ3n) is 3.69. The van der Waals surface area contributed by atoms with Crippen LogP contribution in [0.25, 0.3) is 0 Å². The van der Waals surface area contributed by atoms with E-state index >= 15 is 0 Å². The second kappa shape index (κ2) is 8.74. The molecule has 7 nitrogen and oxygen atoms in total. The van der Waals surface area contributed by atoms with Crippen LogP contribution in [0.3, 0.4) is 0 Å². The lowest BCUT2D eigenvalue weighted by Gasteiger charge is -2.15. The first-order chi connectivity index (χ1) is 12.7. The van der Waals surface area contributed by atoms with Crippen molar-refractivity contribution in [1.29, 1.82) is 0 Å². The fourth-order valence-corrected chi connectivity index (χ4v) is 3.51. The fraction of sp³-hybridized carbons (Fsp3) is 0.222. The molecular weight excluding hydrogens is 375 g/mol. The molecule has 0 aliphatic carbocycles. The normalized spacial score (nSPS) is 12.3. The molecule has 1 amide bonds. The van der Waals surface area contributed by atoms with Gasteiger partial charge < -0.3 is 10.1 Å². The molecule has 0 saturated heterocycles. The van der Waals surface area contributed by atoms with E-state index in [0.717, 1.165) is 12.1 Å². The van der Waals surface area contributed by atoms with Crippen molar-refractivity contribution < 1.29 is 27.1 Å². The van der Waals surface area contributed by atoms with Crippen LogP contribution >= 0.6 is 0 Å². The maximum Gasteiger partial charge on any atom is 0.337 e. The van der Waals surface area contributed by atoms with Crippen molar-refractivity contribution >= 4 is 21.9 Å². The Labute approximate surface area is 156 Å². The topological polar surface area (TPSA) is 102 Å². The molecule has 1 unspecified atom stereocenters. The van der Waals surface area contributed by atoms with Crippen LogP contribution in [0.4, 0.5) is 4.39 Å². The third-order valence-corrected chi connectivity index (χ3v) is 5.27. The number of amides is 1. The number of esters is 1. The number of hydrogen-bond donors (Lipinski definition) is 2. The lowest BCUT2D eigenvalue weighted by atomic mass is 10.1. The Kier molecular flexibility index (Phi) is 6.65. The summed E-state index contributed by atoms with van der Waals surface area (Å²) < 4.78 is 44.8. The van der Waals surface area contributed by atoms with Crippen LogP contribution in [-0.4, -0.2) is 33.4 Å². The van der Waals surface area contributed by atoms with Gasteiger partial charge in [-0.3, -0.25) is 4.79 Å². The van der Waals surface area contributed by atoms with Crippen LogP contribution in [0.2, 0.25) is 0 Å². The minimum Gasteiger partial charge on any atom is -0.465 e.